The van der Waals surface area contributed by atoms with Crippen LogP contribution in [0.3, 0.4) is 0 Å². The quantitative estimate of drug-likeness (QED) is 0.447. The standard InChI is InChI=1S/C10H9NO3S/c1-2-3-7-15(14)10-6-4-5-9(8-10)11(12)13/h2-8H,1H2/b7-3+. The van der Waals surface area contributed by atoms with E-state index in [9.17, 15) is 14.3 Å². The summed E-state index contributed by atoms with van der Waals surface area (Å²) in [6.45, 7) is 3.44. The van der Waals surface area contributed by atoms with Crippen molar-refractivity contribution in [3.05, 3.63) is 58.5 Å². The number of hydrogen-bond acceptors (Lipinski definition) is 3. The Morgan fingerprint density at radius 1 is 1.47 bits per heavy atom. The Morgan fingerprint density at radius 2 is 2.20 bits per heavy atom. The minimum atomic E-state index is -1.37. The van der Waals surface area contributed by atoms with Crippen LogP contribution in [-0.4, -0.2) is 9.13 Å². The Hall–Kier alpha value is -1.75. The Morgan fingerprint density at radius 3 is 2.80 bits per heavy atom. The molecular weight excluding hydrogens is 214 g/mol. The summed E-state index contributed by atoms with van der Waals surface area (Å²) in [4.78, 5) is 10.4. The van der Waals surface area contributed by atoms with Gasteiger partial charge in [-0.05, 0) is 6.07 Å². The first-order chi connectivity index (χ1) is 7.15. The van der Waals surface area contributed by atoms with Crippen LogP contribution in [0, 0.1) is 10.1 Å². The highest BCUT2D eigenvalue weighted by atomic mass is 32.2. The number of nitro benzene ring substituents is 1. The lowest BCUT2D eigenvalue weighted by Gasteiger charge is -1.96. The molecule has 0 aliphatic carbocycles. The van der Waals surface area contributed by atoms with Gasteiger partial charge in [0.2, 0.25) is 0 Å². The molecule has 0 aliphatic rings. The predicted octanol–water partition coefficient (Wildman–Crippen LogP) is 2.40. The van der Waals surface area contributed by atoms with Gasteiger partial charge in [0, 0.05) is 22.4 Å². The van der Waals surface area contributed by atoms with Crippen LogP contribution >= 0.6 is 0 Å². The van der Waals surface area contributed by atoms with Gasteiger partial charge in [-0.3, -0.25) is 10.1 Å². The zero-order chi connectivity index (χ0) is 11.3. The van der Waals surface area contributed by atoms with Crippen LogP contribution in [0.1, 0.15) is 0 Å². The lowest BCUT2D eigenvalue weighted by molar-refractivity contribution is -0.385. The van der Waals surface area contributed by atoms with Gasteiger partial charge in [-0.2, -0.15) is 0 Å². The van der Waals surface area contributed by atoms with Gasteiger partial charge >= 0.3 is 0 Å². The average molecular weight is 223 g/mol. The molecule has 0 fully saturated rings. The van der Waals surface area contributed by atoms with Crippen LogP contribution < -0.4 is 0 Å². The van der Waals surface area contributed by atoms with Crippen molar-refractivity contribution in [1.82, 2.24) is 0 Å². The van der Waals surface area contributed by atoms with Crippen molar-refractivity contribution >= 4 is 16.5 Å². The van der Waals surface area contributed by atoms with Gasteiger partial charge in [0.25, 0.3) is 5.69 Å². The molecule has 15 heavy (non-hydrogen) atoms. The second kappa shape index (κ2) is 5.21. The SMILES string of the molecule is C=C/C=C/S(=O)c1cccc([N+](=O)[O-])c1. The lowest BCUT2D eigenvalue weighted by atomic mass is 10.3. The summed E-state index contributed by atoms with van der Waals surface area (Å²) < 4.78 is 11.5. The number of rotatable bonds is 4. The van der Waals surface area contributed by atoms with Crippen molar-refractivity contribution in [3.63, 3.8) is 0 Å². The summed E-state index contributed by atoms with van der Waals surface area (Å²) in [5.41, 5.74) is -0.0622. The first kappa shape index (κ1) is 11.3. The van der Waals surface area contributed by atoms with E-state index in [1.165, 1.54) is 35.8 Å². The summed E-state index contributed by atoms with van der Waals surface area (Å²) in [6.07, 6.45) is 3.03. The summed E-state index contributed by atoms with van der Waals surface area (Å²) in [5, 5.41) is 11.9. The van der Waals surface area contributed by atoms with Crippen molar-refractivity contribution in [2.75, 3.05) is 0 Å². The van der Waals surface area contributed by atoms with E-state index >= 15 is 0 Å². The summed E-state index contributed by atoms with van der Waals surface area (Å²) in [7, 11) is -1.37. The molecule has 0 N–H and O–H groups in total. The molecule has 1 aromatic carbocycles. The van der Waals surface area contributed by atoms with Gasteiger partial charge in [0.1, 0.15) is 0 Å². The van der Waals surface area contributed by atoms with Crippen LogP contribution in [0.5, 0.6) is 0 Å². The Balaban J connectivity index is 3.00. The maximum atomic E-state index is 11.5. The zero-order valence-electron chi connectivity index (χ0n) is 7.83. The second-order valence-electron chi connectivity index (χ2n) is 2.62. The first-order valence-electron chi connectivity index (χ1n) is 4.09. The fourth-order valence-corrected chi connectivity index (χ4v) is 1.79. The van der Waals surface area contributed by atoms with Gasteiger partial charge in [-0.15, -0.1) is 0 Å². The van der Waals surface area contributed by atoms with Crippen molar-refractivity contribution in [3.8, 4) is 0 Å². The molecule has 0 heterocycles. The number of nitrogens with zero attached hydrogens (tertiary/aromatic N) is 1. The van der Waals surface area contributed by atoms with E-state index in [1.54, 1.807) is 6.07 Å². The number of hydrogen-bond donors (Lipinski definition) is 0. The number of nitro groups is 1. The number of allylic oxidation sites excluding steroid dienone is 2. The van der Waals surface area contributed by atoms with Crippen molar-refractivity contribution in [1.29, 1.82) is 0 Å². The molecule has 0 saturated carbocycles. The molecule has 1 aromatic rings. The number of benzene rings is 1. The summed E-state index contributed by atoms with van der Waals surface area (Å²) in [5.74, 6) is 0. The van der Waals surface area contributed by atoms with Crippen LogP contribution in [-0.2, 0) is 10.8 Å². The monoisotopic (exact) mass is 223 g/mol. The molecule has 1 unspecified atom stereocenters. The van der Waals surface area contributed by atoms with Gasteiger partial charge in [0.05, 0.1) is 15.7 Å². The maximum absolute atomic E-state index is 11.5. The van der Waals surface area contributed by atoms with E-state index < -0.39 is 15.7 Å². The lowest BCUT2D eigenvalue weighted by Crippen LogP contribution is -1.91. The highest BCUT2D eigenvalue weighted by Crippen LogP contribution is 2.16. The molecule has 0 saturated heterocycles. The Labute approximate surface area is 89.5 Å². The molecule has 1 atom stereocenters. The molecule has 78 valence electrons. The van der Waals surface area contributed by atoms with E-state index in [0.29, 0.717) is 4.90 Å². The smallest absolute Gasteiger partial charge is 0.258 e. The second-order valence-corrected chi connectivity index (χ2v) is 3.95. The minimum Gasteiger partial charge on any atom is -0.258 e. The van der Waals surface area contributed by atoms with Gasteiger partial charge in [-0.1, -0.05) is 24.8 Å². The average Bonchev–Trinajstić information content (AvgIpc) is 2.26. The highest BCUT2D eigenvalue weighted by Gasteiger charge is 2.07. The Kier molecular flexibility index (Phi) is 3.93. The zero-order valence-corrected chi connectivity index (χ0v) is 8.65. The fraction of sp³-hybridized carbons (Fsp3) is 0. The van der Waals surface area contributed by atoms with Crippen molar-refractivity contribution in [2.24, 2.45) is 0 Å². The van der Waals surface area contributed by atoms with Crippen molar-refractivity contribution in [2.45, 2.75) is 4.90 Å². The summed E-state index contributed by atoms with van der Waals surface area (Å²) in [6, 6.07) is 5.74. The molecule has 0 amide bonds. The molecule has 5 heteroatoms. The summed E-state index contributed by atoms with van der Waals surface area (Å²) >= 11 is 0. The highest BCUT2D eigenvalue weighted by molar-refractivity contribution is 7.88. The molecule has 0 aromatic heterocycles. The van der Waals surface area contributed by atoms with Crippen LogP contribution in [0.25, 0.3) is 0 Å². The third kappa shape index (κ3) is 3.14. The molecule has 1 rings (SSSR count). The van der Waals surface area contributed by atoms with Crippen molar-refractivity contribution < 1.29 is 9.13 Å². The normalized spacial score (nSPS) is 12.5. The molecule has 0 aliphatic heterocycles. The van der Waals surface area contributed by atoms with E-state index in [-0.39, 0.29) is 5.69 Å². The van der Waals surface area contributed by atoms with Gasteiger partial charge < -0.3 is 0 Å². The molecule has 0 spiro atoms. The molecule has 4 nitrogen and oxygen atoms in total. The van der Waals surface area contributed by atoms with Crippen LogP contribution in [0.4, 0.5) is 5.69 Å². The topological polar surface area (TPSA) is 60.2 Å². The molecule has 0 radical (unpaired) electrons. The predicted molar refractivity (Wildman–Crippen MR) is 58.8 cm³/mol. The van der Waals surface area contributed by atoms with E-state index in [1.807, 2.05) is 0 Å². The Bertz CT molecular complexity index is 440. The molecule has 0 bridgehead atoms. The van der Waals surface area contributed by atoms with E-state index in [0.717, 1.165) is 0 Å². The van der Waals surface area contributed by atoms with Crippen LogP contribution in [0.15, 0.2) is 53.3 Å². The third-order valence-corrected chi connectivity index (χ3v) is 2.72. The third-order valence-electron chi connectivity index (χ3n) is 1.60. The van der Waals surface area contributed by atoms with Gasteiger partial charge in [-0.25, -0.2) is 4.21 Å². The van der Waals surface area contributed by atoms with E-state index in [4.69, 9.17) is 0 Å². The maximum Gasteiger partial charge on any atom is 0.270 e. The van der Waals surface area contributed by atoms with E-state index in [2.05, 4.69) is 6.58 Å². The largest absolute Gasteiger partial charge is 0.270 e. The first-order valence-corrected chi connectivity index (χ1v) is 5.30. The number of non-ortho nitro benzene ring substituents is 1. The van der Waals surface area contributed by atoms with Crippen LogP contribution in [0.2, 0.25) is 0 Å². The minimum absolute atomic E-state index is 0.0622. The fourth-order valence-electron chi connectivity index (χ4n) is 0.928. The van der Waals surface area contributed by atoms with Gasteiger partial charge in [0.15, 0.2) is 0 Å². The molecular formula is C10H9NO3S.